The van der Waals surface area contributed by atoms with E-state index in [1.807, 2.05) is 0 Å². The number of halogens is 3. The molecule has 192 valence electrons. The summed E-state index contributed by atoms with van der Waals surface area (Å²) in [7, 11) is 1.45. The summed E-state index contributed by atoms with van der Waals surface area (Å²) in [6.07, 6.45) is 0.804. The summed E-state index contributed by atoms with van der Waals surface area (Å²) in [6, 6.07) is 6.09. The van der Waals surface area contributed by atoms with Crippen LogP contribution in [-0.4, -0.2) is 70.3 Å². The van der Waals surface area contributed by atoms with E-state index in [9.17, 15) is 18.0 Å². The molecule has 1 aliphatic heterocycles. The van der Waals surface area contributed by atoms with Crippen molar-refractivity contribution in [3.05, 3.63) is 30.5 Å². The Bertz CT molecular complexity index is 1280. The number of ether oxygens (including phenoxy) is 1. The predicted octanol–water partition coefficient (Wildman–Crippen LogP) is 4.51. The summed E-state index contributed by atoms with van der Waals surface area (Å²) in [4.78, 5) is 17.4. The first-order valence-corrected chi connectivity index (χ1v) is 11.3. The van der Waals surface area contributed by atoms with Crippen LogP contribution in [-0.2, 0) is 4.79 Å². The predicted molar refractivity (Wildman–Crippen MR) is 128 cm³/mol. The highest BCUT2D eigenvalue weighted by Gasteiger charge is 2.31. The van der Waals surface area contributed by atoms with Crippen molar-refractivity contribution in [2.45, 2.75) is 38.4 Å². The molecule has 3 heterocycles. The van der Waals surface area contributed by atoms with Crippen LogP contribution in [0.1, 0.15) is 20.3 Å². The molecule has 1 fully saturated rings. The van der Waals surface area contributed by atoms with Gasteiger partial charge in [0.1, 0.15) is 17.4 Å². The molecule has 3 aromatic rings. The molecule has 0 saturated carbocycles. The van der Waals surface area contributed by atoms with E-state index in [0.29, 0.717) is 29.6 Å². The number of fused-ring (bicyclic) bond motifs is 1. The smallest absolute Gasteiger partial charge is 0.262 e. The van der Waals surface area contributed by atoms with Crippen molar-refractivity contribution in [1.29, 1.82) is 5.53 Å². The zero-order chi connectivity index (χ0) is 26.0. The van der Waals surface area contributed by atoms with Crippen molar-refractivity contribution in [2.24, 2.45) is 5.11 Å². The van der Waals surface area contributed by atoms with Crippen LogP contribution in [0.5, 0.6) is 5.88 Å². The molecule has 1 aliphatic rings. The average molecular weight is 505 g/mol. The van der Waals surface area contributed by atoms with Crippen LogP contribution >= 0.6 is 0 Å². The van der Waals surface area contributed by atoms with Gasteiger partial charge in [0.15, 0.2) is 0 Å². The third kappa shape index (κ3) is 5.34. The molecule has 0 unspecified atom stereocenters. The molecule has 3 N–H and O–H groups in total. The minimum Gasteiger partial charge on any atom is -0.479 e. The van der Waals surface area contributed by atoms with Gasteiger partial charge in [-0.05, 0) is 30.2 Å². The van der Waals surface area contributed by atoms with Crippen molar-refractivity contribution in [1.82, 2.24) is 19.5 Å². The molecule has 0 radical (unpaired) electrons. The van der Waals surface area contributed by atoms with Gasteiger partial charge in [0.05, 0.1) is 31.9 Å². The second-order valence-electron chi connectivity index (χ2n) is 8.76. The monoisotopic (exact) mass is 504 g/mol. The van der Waals surface area contributed by atoms with Crippen LogP contribution in [0.4, 0.5) is 30.5 Å². The van der Waals surface area contributed by atoms with Gasteiger partial charge in [0, 0.05) is 32.2 Å². The van der Waals surface area contributed by atoms with Crippen LogP contribution < -0.4 is 15.4 Å². The zero-order valence-electron chi connectivity index (χ0n) is 20.1. The van der Waals surface area contributed by atoms with Crippen LogP contribution in [0.3, 0.4) is 0 Å². The Kier molecular flexibility index (Phi) is 7.00. The summed E-state index contributed by atoms with van der Waals surface area (Å²) < 4.78 is 48.5. The van der Waals surface area contributed by atoms with Gasteiger partial charge < -0.3 is 20.3 Å². The van der Waals surface area contributed by atoms with Crippen molar-refractivity contribution in [3.63, 3.8) is 0 Å². The lowest BCUT2D eigenvalue weighted by Crippen LogP contribution is -2.49. The van der Waals surface area contributed by atoms with E-state index in [1.165, 1.54) is 23.4 Å². The molecule has 2 atom stereocenters. The molecule has 36 heavy (non-hydrogen) atoms. The third-order valence-electron chi connectivity index (χ3n) is 5.99. The maximum absolute atomic E-state index is 14.7. The molecular formula is C23H27F3N8O2. The quantitative estimate of drug-likeness (QED) is 0.389. The SMILES string of the molecule is COc1nc(N[C@H]2CCN(C(C)=O)C[C@H]2F)nn2ccc(-c3ccc(N=N)c(NCC(C)(F)F)c3)c12. The lowest BCUT2D eigenvalue weighted by molar-refractivity contribution is -0.131. The number of amides is 1. The molecule has 0 bridgehead atoms. The summed E-state index contributed by atoms with van der Waals surface area (Å²) in [5, 5.41) is 13.5. The van der Waals surface area contributed by atoms with Crippen LogP contribution in [0.25, 0.3) is 16.6 Å². The van der Waals surface area contributed by atoms with Gasteiger partial charge in [-0.1, -0.05) is 6.07 Å². The Balaban J connectivity index is 1.64. The fraction of sp³-hybridized carbons (Fsp3) is 0.435. The van der Waals surface area contributed by atoms with Crippen LogP contribution in [0.15, 0.2) is 35.6 Å². The molecule has 4 rings (SSSR count). The van der Waals surface area contributed by atoms with Gasteiger partial charge >= 0.3 is 0 Å². The average Bonchev–Trinajstić information content (AvgIpc) is 3.26. The molecule has 0 aliphatic carbocycles. The lowest BCUT2D eigenvalue weighted by atomic mass is 10.0. The van der Waals surface area contributed by atoms with Gasteiger partial charge in [-0.2, -0.15) is 10.1 Å². The Hall–Kier alpha value is -3.90. The van der Waals surface area contributed by atoms with Crippen LogP contribution in [0.2, 0.25) is 0 Å². The number of carbonyl (C=O) groups is 1. The third-order valence-corrected chi connectivity index (χ3v) is 5.99. The highest BCUT2D eigenvalue weighted by atomic mass is 19.3. The number of likely N-dealkylation sites (tertiary alicyclic amines) is 1. The maximum atomic E-state index is 14.7. The molecule has 1 amide bonds. The van der Waals surface area contributed by atoms with Gasteiger partial charge in [-0.25, -0.2) is 23.2 Å². The van der Waals surface area contributed by atoms with E-state index >= 15 is 0 Å². The van der Waals surface area contributed by atoms with E-state index in [1.54, 1.807) is 30.5 Å². The zero-order valence-corrected chi connectivity index (χ0v) is 20.1. The van der Waals surface area contributed by atoms with Crippen LogP contribution in [0, 0.1) is 5.53 Å². The fourth-order valence-electron chi connectivity index (χ4n) is 4.14. The number of rotatable bonds is 8. The van der Waals surface area contributed by atoms with E-state index in [0.717, 1.165) is 6.92 Å². The number of hydrogen-bond acceptors (Lipinski definition) is 8. The number of nitrogens with zero attached hydrogens (tertiary/aromatic N) is 5. The number of alkyl halides is 3. The fourth-order valence-corrected chi connectivity index (χ4v) is 4.14. The van der Waals surface area contributed by atoms with Crippen molar-refractivity contribution in [2.75, 3.05) is 37.4 Å². The lowest BCUT2D eigenvalue weighted by Gasteiger charge is -2.34. The number of piperidine rings is 1. The number of aromatic nitrogens is 3. The minimum absolute atomic E-state index is 0.000973. The summed E-state index contributed by atoms with van der Waals surface area (Å²) >= 11 is 0. The number of anilines is 2. The highest BCUT2D eigenvalue weighted by molar-refractivity contribution is 5.87. The molecule has 2 aromatic heterocycles. The minimum atomic E-state index is -2.94. The first-order valence-electron chi connectivity index (χ1n) is 11.3. The topological polar surface area (TPSA) is 120 Å². The molecule has 0 spiro atoms. The second kappa shape index (κ2) is 9.99. The standard InChI is InChI=1S/C23H27F3N8O2/c1-13(35)33-8-7-17(16(24)11-33)29-22-30-21(36-3)20-15(6-9-34(20)32-22)14-4-5-18(31-27)19(10-14)28-12-23(2,25)26/h4-6,9-10,16-17,27-28H,7-8,11-12H2,1-3H3,(H,29,32)/t16-,17+/m1/s1. The summed E-state index contributed by atoms with van der Waals surface area (Å²) in [6.45, 7) is 2.04. The number of carbonyl (C=O) groups excluding carboxylic acids is 1. The van der Waals surface area contributed by atoms with E-state index in [4.69, 9.17) is 10.3 Å². The first-order chi connectivity index (χ1) is 17.1. The van der Waals surface area contributed by atoms with Gasteiger partial charge in [0.2, 0.25) is 17.7 Å². The Morgan fingerprint density at radius 2 is 2.14 bits per heavy atom. The van der Waals surface area contributed by atoms with E-state index in [-0.39, 0.29) is 35.7 Å². The molecule has 13 heteroatoms. The largest absolute Gasteiger partial charge is 0.479 e. The highest BCUT2D eigenvalue weighted by Crippen LogP contribution is 2.36. The Labute approximate surface area is 205 Å². The second-order valence-corrected chi connectivity index (χ2v) is 8.76. The van der Waals surface area contributed by atoms with E-state index in [2.05, 4.69) is 25.8 Å². The molecular weight excluding hydrogens is 477 g/mol. The number of methoxy groups -OCH3 is 1. The maximum Gasteiger partial charge on any atom is 0.262 e. The normalized spacial score (nSPS) is 18.2. The van der Waals surface area contributed by atoms with Crippen molar-refractivity contribution >= 4 is 28.7 Å². The summed E-state index contributed by atoms with van der Waals surface area (Å²) in [5.74, 6) is -2.71. The Morgan fingerprint density at radius 1 is 1.36 bits per heavy atom. The number of benzene rings is 1. The van der Waals surface area contributed by atoms with Crippen molar-refractivity contribution < 1.29 is 22.7 Å². The Morgan fingerprint density at radius 3 is 2.78 bits per heavy atom. The van der Waals surface area contributed by atoms with Gasteiger partial charge in [-0.3, -0.25) is 4.79 Å². The van der Waals surface area contributed by atoms with Gasteiger partial charge in [-0.15, -0.1) is 5.10 Å². The molecule has 10 nitrogen and oxygen atoms in total. The molecule has 1 saturated heterocycles. The summed E-state index contributed by atoms with van der Waals surface area (Å²) in [5.41, 5.74) is 9.68. The molecule has 1 aromatic carbocycles. The first kappa shape index (κ1) is 25.2. The van der Waals surface area contributed by atoms with Gasteiger partial charge in [0.25, 0.3) is 5.92 Å². The van der Waals surface area contributed by atoms with Crippen molar-refractivity contribution in [3.8, 4) is 17.0 Å². The van der Waals surface area contributed by atoms with E-state index < -0.39 is 24.7 Å². The number of hydrogen-bond donors (Lipinski definition) is 3. The number of nitrogens with one attached hydrogen (secondary N) is 3.